The highest BCUT2D eigenvalue weighted by molar-refractivity contribution is 4.85. The van der Waals surface area contributed by atoms with E-state index in [-0.39, 0.29) is 18.5 Å². The van der Waals surface area contributed by atoms with Crippen molar-refractivity contribution in [3.63, 3.8) is 0 Å². The third-order valence-corrected chi connectivity index (χ3v) is 2.94. The van der Waals surface area contributed by atoms with Gasteiger partial charge in [-0.15, -0.1) is 0 Å². The van der Waals surface area contributed by atoms with Crippen LogP contribution in [0, 0.1) is 0 Å². The summed E-state index contributed by atoms with van der Waals surface area (Å²) in [6.07, 6.45) is 0.542. The lowest BCUT2D eigenvalue weighted by Crippen LogP contribution is -2.68. The third kappa shape index (κ3) is 6.08. The highest BCUT2D eigenvalue weighted by atomic mass is 16.3. The van der Waals surface area contributed by atoms with Gasteiger partial charge in [0.2, 0.25) is 0 Å². The first kappa shape index (κ1) is 15.8. The molecule has 1 saturated heterocycles. The summed E-state index contributed by atoms with van der Waals surface area (Å²) in [7, 11) is 0. The first-order valence-electron chi connectivity index (χ1n) is 6.69. The molecule has 6 heteroatoms. The van der Waals surface area contributed by atoms with Crippen molar-refractivity contribution in [1.82, 2.24) is 16.0 Å². The average Bonchev–Trinajstić information content (AvgIpc) is 2.12. The van der Waals surface area contributed by atoms with Crippen molar-refractivity contribution in [1.29, 1.82) is 0 Å². The zero-order valence-corrected chi connectivity index (χ0v) is 11.4. The molecule has 1 aliphatic rings. The Morgan fingerprint density at radius 3 is 1.06 bits per heavy atom. The van der Waals surface area contributed by atoms with Crippen molar-refractivity contribution in [2.75, 3.05) is 0 Å². The lowest BCUT2D eigenvalue weighted by Gasteiger charge is -2.40. The van der Waals surface area contributed by atoms with Gasteiger partial charge in [0, 0.05) is 19.3 Å². The van der Waals surface area contributed by atoms with E-state index in [1.807, 2.05) is 0 Å². The Morgan fingerprint density at radius 1 is 0.667 bits per heavy atom. The molecule has 108 valence electrons. The molecule has 1 fully saturated rings. The van der Waals surface area contributed by atoms with Crippen LogP contribution in [0.25, 0.3) is 0 Å². The number of nitrogens with one attached hydrogen (secondary N) is 3. The molecule has 3 atom stereocenters. The number of aliphatic hydroxyl groups excluding tert-OH is 3. The van der Waals surface area contributed by atoms with Crippen LogP contribution in [0.15, 0.2) is 0 Å². The largest absolute Gasteiger partial charge is 0.393 e. The van der Waals surface area contributed by atoms with E-state index in [2.05, 4.69) is 16.0 Å². The van der Waals surface area contributed by atoms with E-state index < -0.39 is 18.3 Å². The summed E-state index contributed by atoms with van der Waals surface area (Å²) in [4.78, 5) is 0. The van der Waals surface area contributed by atoms with Crippen molar-refractivity contribution in [3.05, 3.63) is 0 Å². The van der Waals surface area contributed by atoms with Gasteiger partial charge in [-0.25, -0.2) is 0 Å². The molecule has 0 aromatic heterocycles. The van der Waals surface area contributed by atoms with Crippen LogP contribution in [0.2, 0.25) is 0 Å². The van der Waals surface area contributed by atoms with Crippen LogP contribution in [-0.4, -0.2) is 52.1 Å². The van der Waals surface area contributed by atoms with Crippen molar-refractivity contribution in [2.45, 2.75) is 76.8 Å². The zero-order valence-electron chi connectivity index (χ0n) is 11.4. The highest BCUT2D eigenvalue weighted by Gasteiger charge is 2.28. The van der Waals surface area contributed by atoms with E-state index in [1.54, 1.807) is 20.8 Å². The monoisotopic (exact) mass is 261 g/mol. The topological polar surface area (TPSA) is 96.8 Å². The maximum Gasteiger partial charge on any atom is 0.0620 e. The molecular weight excluding hydrogens is 234 g/mol. The van der Waals surface area contributed by atoms with Gasteiger partial charge in [0.25, 0.3) is 0 Å². The Balaban J connectivity index is 2.54. The first-order chi connectivity index (χ1) is 8.36. The maximum atomic E-state index is 9.44. The smallest absolute Gasteiger partial charge is 0.0620 e. The number of rotatable bonds is 6. The molecule has 18 heavy (non-hydrogen) atoms. The summed E-state index contributed by atoms with van der Waals surface area (Å²) < 4.78 is 0. The molecule has 0 aromatic rings. The van der Waals surface area contributed by atoms with Gasteiger partial charge in [-0.05, 0) is 20.8 Å². The van der Waals surface area contributed by atoms with E-state index in [0.29, 0.717) is 19.3 Å². The van der Waals surface area contributed by atoms with E-state index in [9.17, 15) is 15.3 Å². The van der Waals surface area contributed by atoms with Gasteiger partial charge >= 0.3 is 0 Å². The molecule has 1 aliphatic heterocycles. The maximum absolute atomic E-state index is 9.44. The van der Waals surface area contributed by atoms with Gasteiger partial charge in [-0.3, -0.25) is 16.0 Å². The van der Waals surface area contributed by atoms with Crippen molar-refractivity contribution in [3.8, 4) is 0 Å². The van der Waals surface area contributed by atoms with Crippen LogP contribution >= 0.6 is 0 Å². The minimum absolute atomic E-state index is 0.0150. The van der Waals surface area contributed by atoms with Crippen LogP contribution in [0.1, 0.15) is 40.0 Å². The molecule has 6 nitrogen and oxygen atoms in total. The summed E-state index contributed by atoms with van der Waals surface area (Å²) in [5.74, 6) is 0. The predicted octanol–water partition coefficient (Wildman–Crippen LogP) is -0.940. The Hall–Kier alpha value is -0.240. The second-order valence-electron chi connectivity index (χ2n) is 5.41. The molecule has 0 amide bonds. The van der Waals surface area contributed by atoms with Crippen molar-refractivity contribution < 1.29 is 15.3 Å². The molecule has 0 bridgehead atoms. The van der Waals surface area contributed by atoms with Crippen molar-refractivity contribution in [2.24, 2.45) is 0 Å². The summed E-state index contributed by atoms with van der Waals surface area (Å²) in [6.45, 7) is 5.25. The molecule has 1 rings (SSSR count). The van der Waals surface area contributed by atoms with Gasteiger partial charge in [-0.1, -0.05) is 0 Å². The Labute approximate surface area is 109 Å². The fourth-order valence-electron chi connectivity index (χ4n) is 2.30. The lowest BCUT2D eigenvalue weighted by molar-refractivity contribution is 0.0763. The quantitative estimate of drug-likeness (QED) is 0.369. The molecule has 0 spiro atoms. The second-order valence-corrected chi connectivity index (χ2v) is 5.41. The highest BCUT2D eigenvalue weighted by Crippen LogP contribution is 2.09. The van der Waals surface area contributed by atoms with E-state index in [1.165, 1.54) is 0 Å². The number of aliphatic hydroxyl groups is 3. The summed E-state index contributed by atoms with van der Waals surface area (Å²) in [6, 6.07) is 0. The molecular formula is C12H27N3O3. The Morgan fingerprint density at radius 2 is 0.889 bits per heavy atom. The van der Waals surface area contributed by atoms with Gasteiger partial charge in [-0.2, -0.15) is 0 Å². The van der Waals surface area contributed by atoms with Gasteiger partial charge in [0.15, 0.2) is 0 Å². The molecule has 3 unspecified atom stereocenters. The fourth-order valence-corrected chi connectivity index (χ4v) is 2.30. The summed E-state index contributed by atoms with van der Waals surface area (Å²) in [5, 5.41) is 38.2. The number of hydrogen-bond acceptors (Lipinski definition) is 6. The van der Waals surface area contributed by atoms with E-state index in [4.69, 9.17) is 0 Å². The zero-order chi connectivity index (χ0) is 13.7. The van der Waals surface area contributed by atoms with E-state index in [0.717, 1.165) is 0 Å². The summed E-state index contributed by atoms with van der Waals surface area (Å²) >= 11 is 0. The predicted molar refractivity (Wildman–Crippen MR) is 69.7 cm³/mol. The minimum atomic E-state index is -0.396. The van der Waals surface area contributed by atoms with Crippen molar-refractivity contribution >= 4 is 0 Å². The molecule has 0 aromatic carbocycles. The standard InChI is InChI=1S/C12H27N3O3/c1-7(16)4-10-13-11(5-8(2)17)15-12(14-10)6-9(3)18/h7-18H,4-6H2,1-3H3. The molecule has 0 radical (unpaired) electrons. The second kappa shape index (κ2) is 7.37. The Bertz CT molecular complexity index is 193. The Kier molecular flexibility index (Phi) is 6.48. The van der Waals surface area contributed by atoms with Crippen LogP contribution in [0.4, 0.5) is 0 Å². The first-order valence-corrected chi connectivity index (χ1v) is 6.69. The lowest BCUT2D eigenvalue weighted by atomic mass is 10.1. The molecule has 0 aliphatic carbocycles. The summed E-state index contributed by atoms with van der Waals surface area (Å²) in [5.41, 5.74) is 0. The van der Waals surface area contributed by atoms with Crippen LogP contribution < -0.4 is 16.0 Å². The van der Waals surface area contributed by atoms with Gasteiger partial charge in [0.05, 0.1) is 36.8 Å². The van der Waals surface area contributed by atoms with Crippen LogP contribution in [-0.2, 0) is 0 Å². The van der Waals surface area contributed by atoms with Crippen LogP contribution in [0.5, 0.6) is 0 Å². The van der Waals surface area contributed by atoms with Crippen LogP contribution in [0.3, 0.4) is 0 Å². The van der Waals surface area contributed by atoms with E-state index >= 15 is 0 Å². The third-order valence-electron chi connectivity index (χ3n) is 2.94. The molecule has 1 heterocycles. The molecule has 0 saturated carbocycles. The number of hydrogen-bond donors (Lipinski definition) is 6. The minimum Gasteiger partial charge on any atom is -0.393 e. The molecule has 6 N–H and O–H groups in total. The normalized spacial score (nSPS) is 34.0. The average molecular weight is 261 g/mol. The van der Waals surface area contributed by atoms with Gasteiger partial charge in [0.1, 0.15) is 0 Å². The van der Waals surface area contributed by atoms with Gasteiger partial charge < -0.3 is 15.3 Å². The fraction of sp³-hybridized carbons (Fsp3) is 1.00. The SMILES string of the molecule is CC(O)CC1NC(CC(C)O)NC(CC(C)O)N1.